The van der Waals surface area contributed by atoms with Crippen LogP contribution < -0.4 is 0 Å². The lowest BCUT2D eigenvalue weighted by atomic mass is 9.98. The molecule has 1 N–H and O–H groups in total. The van der Waals surface area contributed by atoms with Crippen molar-refractivity contribution in [3.05, 3.63) is 64.2 Å². The fraction of sp³-hybridized carbons (Fsp3) is 0.154. The molecule has 0 spiro atoms. The Labute approximate surface area is 116 Å². The van der Waals surface area contributed by atoms with Crippen molar-refractivity contribution in [3.8, 4) is 0 Å². The van der Waals surface area contributed by atoms with Gasteiger partial charge in [0.1, 0.15) is 11.9 Å². The molecule has 106 valence electrons. The maximum absolute atomic E-state index is 12.9. The van der Waals surface area contributed by atoms with E-state index in [2.05, 4.69) is 4.98 Å². The molecule has 1 aromatic carbocycles. The molecule has 2 aromatic rings. The van der Waals surface area contributed by atoms with E-state index in [1.54, 1.807) is 0 Å². The van der Waals surface area contributed by atoms with E-state index in [0.717, 1.165) is 36.7 Å². The number of nitrogens with zero attached hydrogens (tertiary/aromatic N) is 1. The summed E-state index contributed by atoms with van der Waals surface area (Å²) in [5.41, 5.74) is -1.47. The first-order valence-corrected chi connectivity index (χ1v) is 5.82. The number of aromatic nitrogens is 1. The molecule has 0 fully saturated rings. The molecule has 1 heterocycles. The highest BCUT2D eigenvalue weighted by molar-refractivity contribution is 6.31. The lowest BCUT2D eigenvalue weighted by Gasteiger charge is -2.18. The summed E-state index contributed by atoms with van der Waals surface area (Å²) in [5.74, 6) is -0.645. The van der Waals surface area contributed by atoms with Crippen LogP contribution in [0.2, 0.25) is 5.02 Å². The second-order valence-electron chi connectivity index (χ2n) is 4.03. The normalized spacial score (nSPS) is 13.3. The Kier molecular flexibility index (Phi) is 3.96. The lowest BCUT2D eigenvalue weighted by Crippen LogP contribution is -2.13. The minimum atomic E-state index is -4.63. The predicted molar refractivity (Wildman–Crippen MR) is 64.7 cm³/mol. The van der Waals surface area contributed by atoms with Gasteiger partial charge in [0.15, 0.2) is 0 Å². The van der Waals surface area contributed by atoms with Gasteiger partial charge in [0.25, 0.3) is 0 Å². The molecule has 0 aliphatic carbocycles. The Bertz CT molecular complexity index is 630. The molecule has 1 unspecified atom stereocenters. The topological polar surface area (TPSA) is 33.1 Å². The molecule has 1 atom stereocenters. The highest BCUT2D eigenvalue weighted by atomic mass is 35.5. The smallest absolute Gasteiger partial charge is 0.384 e. The number of benzene rings is 1. The Hall–Kier alpha value is -1.66. The van der Waals surface area contributed by atoms with Gasteiger partial charge >= 0.3 is 6.18 Å². The zero-order valence-corrected chi connectivity index (χ0v) is 10.6. The Morgan fingerprint density at radius 3 is 2.45 bits per heavy atom. The molecule has 2 nitrogen and oxygen atoms in total. The summed E-state index contributed by atoms with van der Waals surface area (Å²) >= 11 is 5.74. The third-order valence-corrected chi connectivity index (χ3v) is 3.04. The van der Waals surface area contributed by atoms with Crippen molar-refractivity contribution in [1.82, 2.24) is 4.98 Å². The van der Waals surface area contributed by atoms with Crippen molar-refractivity contribution in [2.24, 2.45) is 0 Å². The molecule has 2 rings (SSSR count). The number of halogens is 5. The Balaban J connectivity index is 2.51. The van der Waals surface area contributed by atoms with Crippen molar-refractivity contribution >= 4 is 11.6 Å². The van der Waals surface area contributed by atoms with Gasteiger partial charge in [0.05, 0.1) is 5.56 Å². The minimum Gasteiger partial charge on any atom is -0.384 e. The molecule has 0 amide bonds. The van der Waals surface area contributed by atoms with E-state index in [0.29, 0.717) is 0 Å². The van der Waals surface area contributed by atoms with Crippen LogP contribution in [0.4, 0.5) is 17.6 Å². The SMILES string of the molecule is OC(c1ccc(F)cc1Cl)c1cnccc1C(F)(F)F. The summed E-state index contributed by atoms with van der Waals surface area (Å²) in [6, 6.07) is 3.82. The van der Waals surface area contributed by atoms with Gasteiger partial charge in [-0.05, 0) is 18.2 Å². The first-order valence-electron chi connectivity index (χ1n) is 5.45. The van der Waals surface area contributed by atoms with E-state index in [9.17, 15) is 22.7 Å². The number of pyridine rings is 1. The fourth-order valence-electron chi connectivity index (χ4n) is 1.77. The van der Waals surface area contributed by atoms with Crippen LogP contribution in [0.15, 0.2) is 36.7 Å². The Morgan fingerprint density at radius 1 is 1.15 bits per heavy atom. The van der Waals surface area contributed by atoms with Crippen molar-refractivity contribution in [1.29, 1.82) is 0 Å². The van der Waals surface area contributed by atoms with Crippen molar-refractivity contribution in [2.75, 3.05) is 0 Å². The van der Waals surface area contributed by atoms with E-state index in [1.165, 1.54) is 0 Å². The van der Waals surface area contributed by atoms with Gasteiger partial charge in [-0.1, -0.05) is 17.7 Å². The second-order valence-corrected chi connectivity index (χ2v) is 4.44. The Morgan fingerprint density at radius 2 is 1.85 bits per heavy atom. The largest absolute Gasteiger partial charge is 0.416 e. The molecule has 0 saturated carbocycles. The summed E-state index contributed by atoms with van der Waals surface area (Å²) in [6.07, 6.45) is -4.39. The van der Waals surface area contributed by atoms with Crippen LogP contribution in [0.25, 0.3) is 0 Å². The molecule has 0 bridgehead atoms. The predicted octanol–water partition coefficient (Wildman–Crippen LogP) is 3.97. The van der Waals surface area contributed by atoms with Crippen molar-refractivity contribution < 1.29 is 22.7 Å². The van der Waals surface area contributed by atoms with E-state index >= 15 is 0 Å². The van der Waals surface area contributed by atoms with Crippen molar-refractivity contribution in [3.63, 3.8) is 0 Å². The highest BCUT2D eigenvalue weighted by Gasteiger charge is 2.35. The van der Waals surface area contributed by atoms with E-state index in [1.807, 2.05) is 0 Å². The number of rotatable bonds is 2. The standard InChI is InChI=1S/C13H8ClF4NO/c14-11-5-7(15)1-2-8(11)12(20)9-6-19-4-3-10(9)13(16,17)18/h1-6,12,20H. The van der Waals surface area contributed by atoms with Crippen LogP contribution >= 0.6 is 11.6 Å². The zero-order valence-electron chi connectivity index (χ0n) is 9.83. The van der Waals surface area contributed by atoms with Gasteiger partial charge in [-0.3, -0.25) is 4.98 Å². The molecule has 0 saturated heterocycles. The highest BCUT2D eigenvalue weighted by Crippen LogP contribution is 2.37. The average molecular weight is 306 g/mol. The van der Waals surface area contributed by atoms with Gasteiger partial charge in [0.2, 0.25) is 0 Å². The molecule has 0 aliphatic rings. The van der Waals surface area contributed by atoms with Crippen LogP contribution in [-0.2, 0) is 6.18 Å². The molecule has 1 aromatic heterocycles. The quantitative estimate of drug-likeness (QED) is 0.852. The average Bonchev–Trinajstić information content (AvgIpc) is 2.37. The number of alkyl halides is 3. The summed E-state index contributed by atoms with van der Waals surface area (Å²) in [4.78, 5) is 3.58. The molecule has 0 radical (unpaired) electrons. The van der Waals surface area contributed by atoms with Gasteiger partial charge in [-0.15, -0.1) is 0 Å². The molecule has 0 aliphatic heterocycles. The molecule has 7 heteroatoms. The van der Waals surface area contributed by atoms with Crippen LogP contribution in [0.3, 0.4) is 0 Å². The molecular weight excluding hydrogens is 298 g/mol. The van der Waals surface area contributed by atoms with Gasteiger partial charge in [-0.25, -0.2) is 4.39 Å². The third kappa shape index (κ3) is 2.91. The van der Waals surface area contributed by atoms with Gasteiger partial charge in [0, 0.05) is 28.5 Å². The van der Waals surface area contributed by atoms with E-state index in [4.69, 9.17) is 11.6 Å². The van der Waals surface area contributed by atoms with Crippen LogP contribution in [0.1, 0.15) is 22.8 Å². The maximum Gasteiger partial charge on any atom is 0.416 e. The summed E-state index contributed by atoms with van der Waals surface area (Å²) < 4.78 is 51.5. The van der Waals surface area contributed by atoms with Gasteiger partial charge < -0.3 is 5.11 Å². The first-order chi connectivity index (χ1) is 9.30. The fourth-order valence-corrected chi connectivity index (χ4v) is 2.04. The van der Waals surface area contributed by atoms with Crippen LogP contribution in [-0.4, -0.2) is 10.1 Å². The first kappa shape index (κ1) is 14.7. The maximum atomic E-state index is 12.9. The number of hydrogen-bond donors (Lipinski definition) is 1. The number of hydrogen-bond acceptors (Lipinski definition) is 2. The lowest BCUT2D eigenvalue weighted by molar-refractivity contribution is -0.139. The molecule has 20 heavy (non-hydrogen) atoms. The summed E-state index contributed by atoms with van der Waals surface area (Å²) in [5, 5.41) is 9.90. The number of aliphatic hydroxyl groups is 1. The van der Waals surface area contributed by atoms with Crippen LogP contribution in [0, 0.1) is 5.82 Å². The van der Waals surface area contributed by atoms with Crippen LogP contribution in [0.5, 0.6) is 0 Å². The van der Waals surface area contributed by atoms with E-state index < -0.39 is 29.2 Å². The van der Waals surface area contributed by atoms with Crippen molar-refractivity contribution in [2.45, 2.75) is 12.3 Å². The second kappa shape index (κ2) is 5.38. The third-order valence-electron chi connectivity index (χ3n) is 2.71. The van der Waals surface area contributed by atoms with E-state index in [-0.39, 0.29) is 10.6 Å². The zero-order chi connectivity index (χ0) is 14.9. The summed E-state index contributed by atoms with van der Waals surface area (Å²) in [7, 11) is 0. The minimum absolute atomic E-state index is 0.0217. The monoisotopic (exact) mass is 305 g/mol. The number of aliphatic hydroxyl groups excluding tert-OH is 1. The molecular formula is C13H8ClF4NO. The van der Waals surface area contributed by atoms with Gasteiger partial charge in [-0.2, -0.15) is 13.2 Å². The summed E-state index contributed by atoms with van der Waals surface area (Å²) in [6.45, 7) is 0.